The fraction of sp³-hybridized carbons (Fsp3) is 0.786. The third-order valence-corrected chi connectivity index (χ3v) is 4.49. The van der Waals surface area contributed by atoms with Crippen LogP contribution in [0.4, 0.5) is 4.79 Å². The molecular formula is C14H24N4O4. The predicted molar refractivity (Wildman–Crippen MR) is 79.1 cm³/mol. The second-order valence-corrected chi connectivity index (χ2v) is 5.98. The maximum absolute atomic E-state index is 12.1. The smallest absolute Gasteiger partial charge is 0.404 e. The number of carbonyl (C=O) groups excluding carboxylic acids is 2. The van der Waals surface area contributed by atoms with E-state index in [0.717, 1.165) is 0 Å². The maximum Gasteiger partial charge on any atom is 0.404 e. The SMILES string of the molecule is CCC(=O)N[C@@H]1C[C@H](NC(=O)O)CC[C@@H]1N1CC[C@H](N)C1=O. The van der Waals surface area contributed by atoms with Crippen LogP contribution in [-0.2, 0) is 9.59 Å². The summed E-state index contributed by atoms with van der Waals surface area (Å²) < 4.78 is 0. The molecule has 5 N–H and O–H groups in total. The first-order chi connectivity index (χ1) is 10.4. The van der Waals surface area contributed by atoms with Crippen molar-refractivity contribution >= 4 is 17.9 Å². The van der Waals surface area contributed by atoms with Crippen LogP contribution in [0.1, 0.15) is 39.0 Å². The van der Waals surface area contributed by atoms with Crippen LogP contribution in [0.2, 0.25) is 0 Å². The van der Waals surface area contributed by atoms with Crippen LogP contribution in [0.5, 0.6) is 0 Å². The predicted octanol–water partition coefficient (Wildman–Crippen LogP) is -0.370. The standard InChI is InChI=1S/C14H24N4O4/c1-2-12(19)17-10-7-8(16-14(21)22)3-4-11(10)18-6-5-9(15)13(18)20/h8-11,16H,2-7,15H2,1H3,(H,17,19)(H,21,22)/t8-,9+,10-,11+/m1/s1. The number of nitrogens with zero attached hydrogens (tertiary/aromatic N) is 1. The summed E-state index contributed by atoms with van der Waals surface area (Å²) in [6.45, 7) is 2.36. The topological polar surface area (TPSA) is 125 Å². The van der Waals surface area contributed by atoms with Crippen molar-refractivity contribution in [2.45, 2.75) is 63.2 Å². The normalized spacial score (nSPS) is 31.9. The van der Waals surface area contributed by atoms with E-state index >= 15 is 0 Å². The molecular weight excluding hydrogens is 288 g/mol. The van der Waals surface area contributed by atoms with Gasteiger partial charge in [0.05, 0.1) is 18.1 Å². The van der Waals surface area contributed by atoms with Gasteiger partial charge < -0.3 is 26.4 Å². The molecule has 2 rings (SSSR count). The Labute approximate surface area is 129 Å². The first-order valence-corrected chi connectivity index (χ1v) is 7.77. The maximum atomic E-state index is 12.1. The molecule has 4 atom stereocenters. The van der Waals surface area contributed by atoms with Crippen LogP contribution in [0, 0.1) is 0 Å². The van der Waals surface area contributed by atoms with Crippen molar-refractivity contribution in [3.63, 3.8) is 0 Å². The summed E-state index contributed by atoms with van der Waals surface area (Å²) in [7, 11) is 0. The van der Waals surface area contributed by atoms with Gasteiger partial charge in [-0.15, -0.1) is 0 Å². The van der Waals surface area contributed by atoms with Gasteiger partial charge in [0.2, 0.25) is 11.8 Å². The quantitative estimate of drug-likeness (QED) is 0.563. The Morgan fingerprint density at radius 2 is 2.05 bits per heavy atom. The van der Waals surface area contributed by atoms with E-state index in [0.29, 0.717) is 38.6 Å². The van der Waals surface area contributed by atoms with Crippen molar-refractivity contribution in [2.24, 2.45) is 5.73 Å². The summed E-state index contributed by atoms with van der Waals surface area (Å²) in [5.41, 5.74) is 5.77. The number of nitrogens with two attached hydrogens (primary N) is 1. The molecule has 1 aliphatic carbocycles. The summed E-state index contributed by atoms with van der Waals surface area (Å²) in [5, 5.41) is 14.3. The summed E-state index contributed by atoms with van der Waals surface area (Å²) in [6.07, 6.45) is 1.70. The van der Waals surface area contributed by atoms with Gasteiger partial charge in [0, 0.05) is 19.0 Å². The molecule has 124 valence electrons. The fourth-order valence-electron chi connectivity index (χ4n) is 3.35. The van der Waals surface area contributed by atoms with Crippen molar-refractivity contribution in [1.82, 2.24) is 15.5 Å². The molecule has 2 aliphatic rings. The van der Waals surface area contributed by atoms with Crippen LogP contribution in [0.25, 0.3) is 0 Å². The number of likely N-dealkylation sites (tertiary alicyclic amines) is 1. The Hall–Kier alpha value is -1.83. The minimum Gasteiger partial charge on any atom is -0.465 e. The summed E-state index contributed by atoms with van der Waals surface area (Å²) in [6, 6.07) is -1.02. The lowest BCUT2D eigenvalue weighted by Crippen LogP contribution is -2.58. The number of nitrogens with one attached hydrogen (secondary N) is 2. The first kappa shape index (κ1) is 16.5. The van der Waals surface area contributed by atoms with Gasteiger partial charge >= 0.3 is 6.09 Å². The van der Waals surface area contributed by atoms with E-state index in [2.05, 4.69) is 10.6 Å². The summed E-state index contributed by atoms with van der Waals surface area (Å²) >= 11 is 0. The van der Waals surface area contributed by atoms with Gasteiger partial charge in [0.1, 0.15) is 0 Å². The lowest BCUT2D eigenvalue weighted by atomic mass is 9.85. The van der Waals surface area contributed by atoms with Crippen molar-refractivity contribution in [1.29, 1.82) is 0 Å². The van der Waals surface area contributed by atoms with Crippen LogP contribution in [0.3, 0.4) is 0 Å². The molecule has 0 bridgehead atoms. The van der Waals surface area contributed by atoms with Crippen molar-refractivity contribution in [3.8, 4) is 0 Å². The molecule has 1 heterocycles. The third-order valence-electron chi connectivity index (χ3n) is 4.49. The second kappa shape index (κ2) is 6.95. The van der Waals surface area contributed by atoms with Gasteiger partial charge in [-0.1, -0.05) is 6.92 Å². The largest absolute Gasteiger partial charge is 0.465 e. The van der Waals surface area contributed by atoms with Gasteiger partial charge in [-0.05, 0) is 25.7 Å². The second-order valence-electron chi connectivity index (χ2n) is 5.98. The zero-order chi connectivity index (χ0) is 16.3. The minimum absolute atomic E-state index is 0.0783. The molecule has 0 spiro atoms. The molecule has 1 saturated carbocycles. The Morgan fingerprint density at radius 1 is 1.32 bits per heavy atom. The van der Waals surface area contributed by atoms with Gasteiger partial charge in [0.15, 0.2) is 0 Å². The molecule has 8 nitrogen and oxygen atoms in total. The number of hydrogen-bond acceptors (Lipinski definition) is 4. The Kier molecular flexibility index (Phi) is 5.23. The lowest BCUT2D eigenvalue weighted by molar-refractivity contribution is -0.133. The van der Waals surface area contributed by atoms with Crippen LogP contribution < -0.4 is 16.4 Å². The average Bonchev–Trinajstić information content (AvgIpc) is 2.79. The van der Waals surface area contributed by atoms with Crippen LogP contribution >= 0.6 is 0 Å². The molecule has 0 aromatic carbocycles. The van der Waals surface area contributed by atoms with Crippen molar-refractivity contribution in [3.05, 3.63) is 0 Å². The zero-order valence-corrected chi connectivity index (χ0v) is 12.7. The van der Waals surface area contributed by atoms with Crippen molar-refractivity contribution < 1.29 is 19.5 Å². The van der Waals surface area contributed by atoms with Crippen LogP contribution in [0.15, 0.2) is 0 Å². The molecule has 1 aliphatic heterocycles. The number of rotatable bonds is 4. The molecule has 0 aromatic heterocycles. The highest BCUT2D eigenvalue weighted by Crippen LogP contribution is 2.27. The molecule has 1 saturated heterocycles. The molecule has 2 fully saturated rings. The Morgan fingerprint density at radius 3 is 2.59 bits per heavy atom. The molecule has 3 amide bonds. The highest BCUT2D eigenvalue weighted by Gasteiger charge is 2.41. The number of carboxylic acid groups (broad SMARTS) is 1. The van der Waals surface area contributed by atoms with E-state index in [1.54, 1.807) is 11.8 Å². The molecule has 0 radical (unpaired) electrons. The molecule has 0 aromatic rings. The van der Waals surface area contributed by atoms with Gasteiger partial charge in [0.25, 0.3) is 0 Å². The number of hydrogen-bond donors (Lipinski definition) is 4. The highest BCUT2D eigenvalue weighted by molar-refractivity contribution is 5.84. The Balaban J connectivity index is 2.08. The number of carbonyl (C=O) groups is 3. The van der Waals surface area contributed by atoms with E-state index in [1.165, 1.54) is 0 Å². The summed E-state index contributed by atoms with van der Waals surface area (Å²) in [5.74, 6) is -0.174. The molecule has 8 heteroatoms. The lowest BCUT2D eigenvalue weighted by Gasteiger charge is -2.41. The van der Waals surface area contributed by atoms with Crippen molar-refractivity contribution in [2.75, 3.05) is 6.54 Å². The van der Waals surface area contributed by atoms with E-state index in [1.807, 2.05) is 0 Å². The van der Waals surface area contributed by atoms with Gasteiger partial charge in [-0.25, -0.2) is 4.79 Å². The highest BCUT2D eigenvalue weighted by atomic mass is 16.4. The first-order valence-electron chi connectivity index (χ1n) is 7.77. The van der Waals surface area contributed by atoms with E-state index in [9.17, 15) is 14.4 Å². The van der Waals surface area contributed by atoms with Crippen LogP contribution in [-0.4, -0.2) is 58.6 Å². The van der Waals surface area contributed by atoms with E-state index < -0.39 is 12.1 Å². The minimum atomic E-state index is -1.07. The summed E-state index contributed by atoms with van der Waals surface area (Å²) in [4.78, 5) is 36.4. The molecule has 22 heavy (non-hydrogen) atoms. The monoisotopic (exact) mass is 312 g/mol. The van der Waals surface area contributed by atoms with Gasteiger partial charge in [-0.2, -0.15) is 0 Å². The third kappa shape index (κ3) is 3.68. The van der Waals surface area contributed by atoms with E-state index in [4.69, 9.17) is 10.8 Å². The zero-order valence-electron chi connectivity index (χ0n) is 12.7. The van der Waals surface area contributed by atoms with E-state index in [-0.39, 0.29) is 29.9 Å². The molecule has 0 unspecified atom stereocenters. The van der Waals surface area contributed by atoms with Gasteiger partial charge in [-0.3, -0.25) is 9.59 Å². The average molecular weight is 312 g/mol. The number of amides is 3. The fourth-order valence-corrected chi connectivity index (χ4v) is 3.35. The Bertz CT molecular complexity index is 456.